The molecule has 35 heavy (non-hydrogen) atoms. The van der Waals surface area contributed by atoms with Crippen LogP contribution >= 0.6 is 0 Å². The van der Waals surface area contributed by atoms with Crippen LogP contribution in [0.3, 0.4) is 0 Å². The van der Waals surface area contributed by atoms with Gasteiger partial charge in [0.1, 0.15) is 5.75 Å². The van der Waals surface area contributed by atoms with Crippen molar-refractivity contribution in [2.45, 2.75) is 96.3 Å². The van der Waals surface area contributed by atoms with E-state index in [9.17, 15) is 0 Å². The van der Waals surface area contributed by atoms with Crippen LogP contribution in [0.4, 0.5) is 0 Å². The minimum absolute atomic E-state index is 0.665. The molecule has 0 amide bonds. The molecule has 0 N–H and O–H groups in total. The van der Waals surface area contributed by atoms with Gasteiger partial charge >= 0.3 is 0 Å². The van der Waals surface area contributed by atoms with Gasteiger partial charge in [0.15, 0.2) is 0 Å². The van der Waals surface area contributed by atoms with Gasteiger partial charge in [0.25, 0.3) is 0 Å². The Labute approximate surface area is 214 Å². The number of ether oxygens (including phenoxy) is 1. The lowest BCUT2D eigenvalue weighted by Crippen LogP contribution is -2.12. The average Bonchev–Trinajstić information content (AvgIpc) is 2.92. The molecule has 0 aliphatic heterocycles. The molecule has 186 valence electrons. The van der Waals surface area contributed by atoms with Gasteiger partial charge in [-0.3, -0.25) is 0 Å². The first-order valence-electron chi connectivity index (χ1n) is 14.3. The Balaban J connectivity index is 1.20. The molecular formula is C34H44O. The second kappa shape index (κ2) is 13.6. The predicted octanol–water partition coefficient (Wildman–Crippen LogP) is 9.43. The highest BCUT2D eigenvalue weighted by atomic mass is 16.5. The van der Waals surface area contributed by atoms with Gasteiger partial charge in [-0.25, -0.2) is 0 Å². The van der Waals surface area contributed by atoms with Crippen molar-refractivity contribution in [3.05, 3.63) is 77.4 Å². The van der Waals surface area contributed by atoms with Crippen molar-refractivity contribution in [2.75, 3.05) is 6.61 Å². The van der Waals surface area contributed by atoms with E-state index in [-0.39, 0.29) is 0 Å². The van der Waals surface area contributed by atoms with E-state index in [1.807, 2.05) is 0 Å². The summed E-state index contributed by atoms with van der Waals surface area (Å²) in [5.41, 5.74) is 4.11. The number of allylic oxidation sites excluding steroid dienone is 2. The average molecular weight is 469 g/mol. The third-order valence-electron chi connectivity index (χ3n) is 8.36. The molecule has 1 heteroatoms. The van der Waals surface area contributed by atoms with Gasteiger partial charge < -0.3 is 4.74 Å². The Bertz CT molecular complexity index is 956. The molecule has 0 radical (unpaired) electrons. The van der Waals surface area contributed by atoms with E-state index in [1.165, 1.54) is 75.3 Å². The van der Waals surface area contributed by atoms with Gasteiger partial charge in [0.05, 0.1) is 6.61 Å². The molecule has 2 fully saturated rings. The van der Waals surface area contributed by atoms with E-state index in [1.54, 1.807) is 0 Å². The summed E-state index contributed by atoms with van der Waals surface area (Å²) in [6, 6.07) is 17.9. The number of unbranched alkanes of at least 4 members (excludes halogenated alkanes) is 1. The van der Waals surface area contributed by atoms with Crippen LogP contribution in [0.15, 0.2) is 60.7 Å². The van der Waals surface area contributed by atoms with Crippen LogP contribution in [-0.4, -0.2) is 6.61 Å². The highest BCUT2D eigenvalue weighted by molar-refractivity contribution is 5.39. The molecule has 0 spiro atoms. The summed E-state index contributed by atoms with van der Waals surface area (Å²) in [7, 11) is 0. The standard InChI is InChI=1S/C34H44O/c1-3-5-26-35-34-24-22-33(23-25-34)32-20-14-29(15-21-32)9-7-6-8-28-12-18-31(19-13-28)30-16-10-27(4-2)11-17-30/h7,9,12-13,18-19,22-25,27,29-30,32H,3-5,10-11,14-17,20-21,26H2,1-2H3/t27-,29-,30-,32-. The van der Waals surface area contributed by atoms with Gasteiger partial charge in [-0.05, 0) is 123 Å². The Hall–Kier alpha value is -2.46. The number of hydrogen-bond donors (Lipinski definition) is 0. The monoisotopic (exact) mass is 468 g/mol. The number of benzene rings is 2. The second-order valence-corrected chi connectivity index (χ2v) is 10.8. The Morgan fingerprint density at radius 1 is 0.771 bits per heavy atom. The first kappa shape index (κ1) is 25.6. The summed E-state index contributed by atoms with van der Waals surface area (Å²) < 4.78 is 5.81. The number of hydrogen-bond acceptors (Lipinski definition) is 1. The minimum Gasteiger partial charge on any atom is -0.494 e. The first-order valence-corrected chi connectivity index (χ1v) is 14.3. The Kier molecular flexibility index (Phi) is 9.94. The van der Waals surface area contributed by atoms with Crippen molar-refractivity contribution in [3.63, 3.8) is 0 Å². The van der Waals surface area contributed by atoms with Crippen LogP contribution in [0.2, 0.25) is 0 Å². The van der Waals surface area contributed by atoms with Crippen molar-refractivity contribution < 1.29 is 4.74 Å². The molecule has 1 nitrogen and oxygen atoms in total. The van der Waals surface area contributed by atoms with Gasteiger partial charge in [0, 0.05) is 5.56 Å². The maximum Gasteiger partial charge on any atom is 0.119 e. The number of rotatable bonds is 8. The van der Waals surface area contributed by atoms with E-state index in [0.717, 1.165) is 36.2 Å². The zero-order chi connectivity index (χ0) is 24.3. The fourth-order valence-corrected chi connectivity index (χ4v) is 5.87. The first-order chi connectivity index (χ1) is 17.2. The summed E-state index contributed by atoms with van der Waals surface area (Å²) in [6.45, 7) is 5.35. The Morgan fingerprint density at radius 2 is 1.37 bits per heavy atom. The second-order valence-electron chi connectivity index (χ2n) is 10.8. The smallest absolute Gasteiger partial charge is 0.119 e. The van der Waals surface area contributed by atoms with Gasteiger partial charge in [-0.1, -0.05) is 68.9 Å². The molecule has 2 saturated carbocycles. The molecule has 0 aromatic heterocycles. The van der Waals surface area contributed by atoms with Crippen LogP contribution < -0.4 is 4.74 Å². The fraction of sp³-hybridized carbons (Fsp3) is 0.529. The maximum absolute atomic E-state index is 5.81. The van der Waals surface area contributed by atoms with Crippen LogP contribution in [0.5, 0.6) is 5.75 Å². The molecule has 2 aromatic rings. The molecule has 0 unspecified atom stereocenters. The highest BCUT2D eigenvalue weighted by Crippen LogP contribution is 2.38. The van der Waals surface area contributed by atoms with Crippen LogP contribution in [-0.2, 0) is 0 Å². The SMILES string of the molecule is CCCCOc1ccc([C@H]2CC[C@H](C=CC#Cc3ccc([C@H]4CC[C@H](CC)CC4)cc3)CC2)cc1. The van der Waals surface area contributed by atoms with Crippen molar-refractivity contribution in [1.29, 1.82) is 0 Å². The van der Waals surface area contributed by atoms with E-state index in [2.05, 4.69) is 86.4 Å². The molecular weight excluding hydrogens is 424 g/mol. The van der Waals surface area contributed by atoms with Gasteiger partial charge in [-0.15, -0.1) is 0 Å². The third-order valence-corrected chi connectivity index (χ3v) is 8.36. The zero-order valence-electron chi connectivity index (χ0n) is 22.0. The third kappa shape index (κ3) is 7.76. The van der Waals surface area contributed by atoms with Crippen LogP contribution in [0, 0.1) is 23.7 Å². The minimum atomic E-state index is 0.665. The van der Waals surface area contributed by atoms with Crippen LogP contribution in [0.1, 0.15) is 113 Å². The van der Waals surface area contributed by atoms with Gasteiger partial charge in [-0.2, -0.15) is 0 Å². The molecule has 0 heterocycles. The molecule has 0 bridgehead atoms. The summed E-state index contributed by atoms with van der Waals surface area (Å²) in [5.74, 6) is 10.7. The molecule has 2 aliphatic carbocycles. The lowest BCUT2D eigenvalue weighted by Gasteiger charge is -2.28. The fourth-order valence-electron chi connectivity index (χ4n) is 5.87. The molecule has 4 rings (SSSR count). The highest BCUT2D eigenvalue weighted by Gasteiger charge is 2.22. The topological polar surface area (TPSA) is 9.23 Å². The molecule has 0 atom stereocenters. The maximum atomic E-state index is 5.81. The molecule has 2 aromatic carbocycles. The van der Waals surface area contributed by atoms with Crippen molar-refractivity contribution in [1.82, 2.24) is 0 Å². The zero-order valence-corrected chi connectivity index (χ0v) is 22.0. The molecule has 0 saturated heterocycles. The Morgan fingerprint density at radius 3 is 1.97 bits per heavy atom. The van der Waals surface area contributed by atoms with E-state index < -0.39 is 0 Å². The van der Waals surface area contributed by atoms with Crippen LogP contribution in [0.25, 0.3) is 0 Å². The lowest BCUT2D eigenvalue weighted by molar-refractivity contribution is 0.309. The largest absolute Gasteiger partial charge is 0.494 e. The van der Waals surface area contributed by atoms with E-state index in [0.29, 0.717) is 11.8 Å². The summed E-state index contributed by atoms with van der Waals surface area (Å²) >= 11 is 0. The summed E-state index contributed by atoms with van der Waals surface area (Å²) in [6.07, 6.45) is 18.6. The van der Waals surface area contributed by atoms with Crippen molar-refractivity contribution in [2.24, 2.45) is 11.8 Å². The quantitative estimate of drug-likeness (QED) is 0.277. The van der Waals surface area contributed by atoms with E-state index in [4.69, 9.17) is 4.74 Å². The lowest BCUT2D eigenvalue weighted by atomic mass is 9.78. The van der Waals surface area contributed by atoms with E-state index >= 15 is 0 Å². The summed E-state index contributed by atoms with van der Waals surface area (Å²) in [5, 5.41) is 0. The van der Waals surface area contributed by atoms with Crippen molar-refractivity contribution >= 4 is 0 Å². The normalized spacial score (nSPS) is 24.6. The van der Waals surface area contributed by atoms with Gasteiger partial charge in [0.2, 0.25) is 0 Å². The van der Waals surface area contributed by atoms with Crippen molar-refractivity contribution in [3.8, 4) is 17.6 Å². The molecule has 2 aliphatic rings. The predicted molar refractivity (Wildman–Crippen MR) is 149 cm³/mol. The summed E-state index contributed by atoms with van der Waals surface area (Å²) in [4.78, 5) is 0.